The number of rotatable bonds is 1. The third-order valence-electron chi connectivity index (χ3n) is 2.13. The number of nitrogens with zero attached hydrogens (tertiary/aromatic N) is 1. The molecule has 50 valence electrons. The van der Waals surface area contributed by atoms with Crippen molar-refractivity contribution >= 4 is 5.71 Å². The van der Waals surface area contributed by atoms with Crippen molar-refractivity contribution in [2.24, 2.45) is 4.99 Å². The highest BCUT2D eigenvalue weighted by Crippen LogP contribution is 2.13. The first-order valence-electron chi connectivity index (χ1n) is 3.73. The summed E-state index contributed by atoms with van der Waals surface area (Å²) in [6.45, 7) is 2.28. The Labute approximate surface area is 55.4 Å². The van der Waals surface area contributed by atoms with Crippen LogP contribution < -0.4 is 5.32 Å². The van der Waals surface area contributed by atoms with Crippen LogP contribution in [-0.4, -0.2) is 24.8 Å². The molecule has 0 aliphatic carbocycles. The molecule has 2 rings (SSSR count). The van der Waals surface area contributed by atoms with Crippen LogP contribution in [0.15, 0.2) is 4.99 Å². The summed E-state index contributed by atoms with van der Waals surface area (Å²) in [7, 11) is 0. The monoisotopic (exact) mass is 124 g/mol. The second-order valence-corrected chi connectivity index (χ2v) is 2.77. The van der Waals surface area contributed by atoms with E-state index in [4.69, 9.17) is 0 Å². The SMILES string of the molecule is C1CN=C(C2CCN2)C1. The molecule has 0 radical (unpaired) electrons. The van der Waals surface area contributed by atoms with Gasteiger partial charge < -0.3 is 5.32 Å². The van der Waals surface area contributed by atoms with E-state index in [0.717, 1.165) is 6.54 Å². The Morgan fingerprint density at radius 1 is 1.56 bits per heavy atom. The maximum atomic E-state index is 4.41. The van der Waals surface area contributed by atoms with Crippen LogP contribution in [0, 0.1) is 0 Å². The standard InChI is InChI=1S/C7H12N2/c1-2-6(8-4-1)7-3-5-9-7/h7,9H,1-5H2. The van der Waals surface area contributed by atoms with E-state index in [1.807, 2.05) is 0 Å². The van der Waals surface area contributed by atoms with Gasteiger partial charge in [0.05, 0.1) is 0 Å². The second-order valence-electron chi connectivity index (χ2n) is 2.77. The molecule has 1 fully saturated rings. The second kappa shape index (κ2) is 2.10. The topological polar surface area (TPSA) is 24.4 Å². The summed E-state index contributed by atoms with van der Waals surface area (Å²) >= 11 is 0. The fourth-order valence-corrected chi connectivity index (χ4v) is 1.42. The molecule has 0 aromatic rings. The van der Waals surface area contributed by atoms with Crippen molar-refractivity contribution in [1.82, 2.24) is 5.32 Å². The van der Waals surface area contributed by atoms with Gasteiger partial charge in [0.25, 0.3) is 0 Å². The van der Waals surface area contributed by atoms with Gasteiger partial charge in [0.2, 0.25) is 0 Å². The van der Waals surface area contributed by atoms with Crippen LogP contribution in [0.3, 0.4) is 0 Å². The zero-order chi connectivity index (χ0) is 6.10. The van der Waals surface area contributed by atoms with E-state index in [1.165, 1.54) is 31.5 Å². The van der Waals surface area contributed by atoms with Gasteiger partial charge >= 0.3 is 0 Å². The van der Waals surface area contributed by atoms with Crippen LogP contribution in [0.25, 0.3) is 0 Å². The van der Waals surface area contributed by atoms with Crippen molar-refractivity contribution in [3.05, 3.63) is 0 Å². The van der Waals surface area contributed by atoms with Gasteiger partial charge in [0.15, 0.2) is 0 Å². The first-order chi connectivity index (χ1) is 4.47. The molecular formula is C7H12N2. The van der Waals surface area contributed by atoms with E-state index in [-0.39, 0.29) is 0 Å². The van der Waals surface area contributed by atoms with E-state index in [1.54, 1.807) is 0 Å². The molecule has 1 saturated heterocycles. The first-order valence-corrected chi connectivity index (χ1v) is 3.73. The molecule has 0 bridgehead atoms. The Morgan fingerprint density at radius 3 is 2.89 bits per heavy atom. The molecule has 0 amide bonds. The van der Waals surface area contributed by atoms with E-state index in [2.05, 4.69) is 10.3 Å². The lowest BCUT2D eigenvalue weighted by molar-refractivity contribution is 0.456. The molecule has 0 aromatic carbocycles. The predicted octanol–water partition coefficient (Wildman–Crippen LogP) is 0.583. The van der Waals surface area contributed by atoms with Crippen molar-refractivity contribution in [3.8, 4) is 0 Å². The smallest absolute Gasteiger partial charge is 0.0463 e. The molecule has 0 spiro atoms. The molecule has 0 saturated carbocycles. The normalized spacial score (nSPS) is 33.8. The Balaban J connectivity index is 1.95. The van der Waals surface area contributed by atoms with E-state index in [0.29, 0.717) is 6.04 Å². The Bertz CT molecular complexity index is 136. The zero-order valence-electron chi connectivity index (χ0n) is 5.56. The van der Waals surface area contributed by atoms with Crippen LogP contribution >= 0.6 is 0 Å². The summed E-state index contributed by atoms with van der Waals surface area (Å²) in [5, 5.41) is 3.36. The highest BCUT2D eigenvalue weighted by atomic mass is 15.0. The quantitative estimate of drug-likeness (QED) is 0.543. The van der Waals surface area contributed by atoms with Crippen LogP contribution in [0.4, 0.5) is 0 Å². The van der Waals surface area contributed by atoms with Gasteiger partial charge in [-0.25, -0.2) is 0 Å². The largest absolute Gasteiger partial charge is 0.309 e. The molecular weight excluding hydrogens is 112 g/mol. The Hall–Kier alpha value is -0.370. The van der Waals surface area contributed by atoms with Crippen LogP contribution in [0.2, 0.25) is 0 Å². The lowest BCUT2D eigenvalue weighted by Gasteiger charge is -2.27. The summed E-state index contributed by atoms with van der Waals surface area (Å²) in [6, 6.07) is 0.674. The van der Waals surface area contributed by atoms with Gasteiger partial charge in [0, 0.05) is 18.3 Å². The number of nitrogens with one attached hydrogen (secondary N) is 1. The third-order valence-corrected chi connectivity index (χ3v) is 2.13. The van der Waals surface area contributed by atoms with Crippen molar-refractivity contribution in [2.75, 3.05) is 13.1 Å². The Morgan fingerprint density at radius 2 is 2.44 bits per heavy atom. The Kier molecular flexibility index (Phi) is 1.27. The number of hydrogen-bond donors (Lipinski definition) is 1. The summed E-state index contributed by atoms with van der Waals surface area (Å²) in [5.74, 6) is 0. The molecule has 1 unspecified atom stereocenters. The summed E-state index contributed by atoms with van der Waals surface area (Å²) < 4.78 is 0. The molecule has 2 aliphatic heterocycles. The van der Waals surface area contributed by atoms with Crippen LogP contribution in [0.5, 0.6) is 0 Å². The fourth-order valence-electron chi connectivity index (χ4n) is 1.42. The molecule has 1 N–H and O–H groups in total. The highest BCUT2D eigenvalue weighted by Gasteiger charge is 2.23. The van der Waals surface area contributed by atoms with Gasteiger partial charge in [-0.15, -0.1) is 0 Å². The molecule has 2 heteroatoms. The lowest BCUT2D eigenvalue weighted by Crippen LogP contribution is -2.47. The van der Waals surface area contributed by atoms with Crippen LogP contribution in [-0.2, 0) is 0 Å². The van der Waals surface area contributed by atoms with Gasteiger partial charge in [-0.05, 0) is 25.8 Å². The average molecular weight is 124 g/mol. The summed E-state index contributed by atoms with van der Waals surface area (Å²) in [4.78, 5) is 4.41. The van der Waals surface area contributed by atoms with Crippen molar-refractivity contribution < 1.29 is 0 Å². The van der Waals surface area contributed by atoms with Crippen molar-refractivity contribution in [3.63, 3.8) is 0 Å². The van der Waals surface area contributed by atoms with Gasteiger partial charge in [0.1, 0.15) is 0 Å². The average Bonchev–Trinajstić information content (AvgIpc) is 2.11. The molecule has 2 heterocycles. The zero-order valence-corrected chi connectivity index (χ0v) is 5.56. The van der Waals surface area contributed by atoms with Crippen LogP contribution in [0.1, 0.15) is 19.3 Å². The summed E-state index contributed by atoms with van der Waals surface area (Å²) in [5.41, 5.74) is 1.43. The maximum Gasteiger partial charge on any atom is 0.0463 e. The van der Waals surface area contributed by atoms with Gasteiger partial charge in [-0.2, -0.15) is 0 Å². The molecule has 9 heavy (non-hydrogen) atoms. The van der Waals surface area contributed by atoms with Crippen molar-refractivity contribution in [1.29, 1.82) is 0 Å². The van der Waals surface area contributed by atoms with E-state index < -0.39 is 0 Å². The molecule has 2 nitrogen and oxygen atoms in total. The van der Waals surface area contributed by atoms with Gasteiger partial charge in [-0.1, -0.05) is 0 Å². The van der Waals surface area contributed by atoms with Crippen molar-refractivity contribution in [2.45, 2.75) is 25.3 Å². The molecule has 1 atom stereocenters. The maximum absolute atomic E-state index is 4.41. The minimum Gasteiger partial charge on any atom is -0.309 e. The molecule has 2 aliphatic rings. The lowest BCUT2D eigenvalue weighted by atomic mass is 10.00. The third kappa shape index (κ3) is 0.874. The highest BCUT2D eigenvalue weighted by molar-refractivity contribution is 5.91. The van der Waals surface area contributed by atoms with E-state index in [9.17, 15) is 0 Å². The fraction of sp³-hybridized carbons (Fsp3) is 0.857. The first kappa shape index (κ1) is 5.42. The molecule has 0 aromatic heterocycles. The van der Waals surface area contributed by atoms with Gasteiger partial charge in [-0.3, -0.25) is 4.99 Å². The minimum atomic E-state index is 0.674. The number of aliphatic imine (C=N–C) groups is 1. The number of hydrogen-bond acceptors (Lipinski definition) is 2. The summed E-state index contributed by atoms with van der Waals surface area (Å²) in [6.07, 6.45) is 3.85. The minimum absolute atomic E-state index is 0.674. The van der Waals surface area contributed by atoms with E-state index >= 15 is 0 Å². The predicted molar refractivity (Wildman–Crippen MR) is 37.9 cm³/mol.